The lowest BCUT2D eigenvalue weighted by atomic mass is 9.70. The van der Waals surface area contributed by atoms with E-state index >= 15 is 0 Å². The normalized spacial score (nSPS) is 25.2. The van der Waals surface area contributed by atoms with Crippen LogP contribution >= 0.6 is 0 Å². The Kier molecular flexibility index (Phi) is 5.97. The van der Waals surface area contributed by atoms with Crippen LogP contribution in [0.5, 0.6) is 11.5 Å². The fourth-order valence-corrected chi connectivity index (χ4v) is 5.26. The summed E-state index contributed by atoms with van der Waals surface area (Å²) in [6.45, 7) is 1.95. The molecule has 9 heteroatoms. The summed E-state index contributed by atoms with van der Waals surface area (Å²) in [5.74, 6) is -1.85. The number of aliphatic hydroxyl groups excluding tert-OH is 2. The third-order valence-electron chi connectivity index (χ3n) is 7.00. The number of aromatic hydroxyl groups is 1. The molecule has 5 unspecified atom stereocenters. The van der Waals surface area contributed by atoms with E-state index in [1.807, 2.05) is 6.92 Å². The maximum atomic E-state index is 13.2. The topological polar surface area (TPSA) is 146 Å². The Morgan fingerprint density at radius 3 is 2.69 bits per heavy atom. The molecule has 1 spiro atoms. The molecule has 2 aromatic carbocycles. The Labute approximate surface area is 207 Å². The van der Waals surface area contributed by atoms with E-state index in [1.54, 1.807) is 24.3 Å². The Morgan fingerprint density at radius 1 is 1.17 bits per heavy atom. The number of benzene rings is 2. The minimum absolute atomic E-state index is 0.0140. The first-order valence-electron chi connectivity index (χ1n) is 11.9. The Morgan fingerprint density at radius 2 is 1.94 bits per heavy atom. The van der Waals surface area contributed by atoms with Gasteiger partial charge >= 0.3 is 11.9 Å². The molecule has 0 bridgehead atoms. The monoisotopic (exact) mass is 493 g/mol. The predicted molar refractivity (Wildman–Crippen MR) is 128 cm³/mol. The number of aliphatic carboxylic acids is 1. The van der Waals surface area contributed by atoms with E-state index in [0.29, 0.717) is 35.3 Å². The standard InChI is InChI=1S/C27H27NO8/c1-2-3-4-21(25(32)33)28-24(31)14-5-8-18-17(11-14)26(34)36-27(18)19-9-6-15(29)12-22(19)35-23-13-16(30)7-10-20(23)27/h5-13,19,21-22,24,28-31H,2-4H2,1H3,(H,32,33). The highest BCUT2D eigenvalue weighted by Gasteiger charge is 2.58. The van der Waals surface area contributed by atoms with Crippen molar-refractivity contribution in [1.29, 1.82) is 0 Å². The number of hydrogen-bond donors (Lipinski definition) is 5. The molecular weight excluding hydrogens is 466 g/mol. The van der Waals surface area contributed by atoms with E-state index in [0.717, 1.165) is 6.42 Å². The van der Waals surface area contributed by atoms with Crippen molar-refractivity contribution in [3.63, 3.8) is 0 Å². The van der Waals surface area contributed by atoms with Crippen LogP contribution < -0.4 is 10.1 Å². The number of unbranched alkanes of at least 4 members (excludes halogenated alkanes) is 1. The van der Waals surface area contributed by atoms with Crippen molar-refractivity contribution in [2.45, 2.75) is 50.2 Å². The molecule has 0 amide bonds. The van der Waals surface area contributed by atoms with Gasteiger partial charge in [-0.05, 0) is 42.3 Å². The highest BCUT2D eigenvalue weighted by molar-refractivity contribution is 5.96. The number of rotatable bonds is 7. The van der Waals surface area contributed by atoms with Crippen molar-refractivity contribution in [3.8, 4) is 11.5 Å². The van der Waals surface area contributed by atoms with E-state index in [9.17, 15) is 30.0 Å². The number of phenols is 1. The van der Waals surface area contributed by atoms with Crippen LogP contribution in [0.2, 0.25) is 0 Å². The molecule has 2 aromatic rings. The zero-order chi connectivity index (χ0) is 25.6. The van der Waals surface area contributed by atoms with Crippen molar-refractivity contribution in [2.75, 3.05) is 0 Å². The lowest BCUT2D eigenvalue weighted by Crippen LogP contribution is -2.48. The Hall–Kier alpha value is -3.82. The summed E-state index contributed by atoms with van der Waals surface area (Å²) in [6, 6.07) is 8.45. The van der Waals surface area contributed by atoms with Crippen LogP contribution in [-0.2, 0) is 15.1 Å². The summed E-state index contributed by atoms with van der Waals surface area (Å²) in [6.07, 6.45) is 4.67. The maximum Gasteiger partial charge on any atom is 0.339 e. The molecule has 0 saturated carbocycles. The average Bonchev–Trinajstić information content (AvgIpc) is 3.13. The van der Waals surface area contributed by atoms with Gasteiger partial charge < -0.3 is 29.9 Å². The number of phenolic OH excluding ortho intramolecular Hbond substituents is 1. The third-order valence-corrected chi connectivity index (χ3v) is 7.00. The van der Waals surface area contributed by atoms with Crippen molar-refractivity contribution >= 4 is 11.9 Å². The van der Waals surface area contributed by atoms with Gasteiger partial charge in [0.25, 0.3) is 0 Å². The lowest BCUT2D eigenvalue weighted by Gasteiger charge is -2.44. The SMILES string of the molecule is CCCCC(NC(O)c1ccc2c(c1)C(=O)OC21c2ccc(O)cc2OC2C=C(O)C=CC21)C(=O)O. The fraction of sp³-hybridized carbons (Fsp3) is 0.333. The number of nitrogens with one attached hydrogen (secondary N) is 1. The number of fused-ring (bicyclic) bond motifs is 6. The number of hydrogen-bond acceptors (Lipinski definition) is 8. The molecule has 1 aliphatic carbocycles. The van der Waals surface area contributed by atoms with Crippen LogP contribution in [0, 0.1) is 5.92 Å². The lowest BCUT2D eigenvalue weighted by molar-refractivity contribution is -0.140. The van der Waals surface area contributed by atoms with Crippen LogP contribution in [-0.4, -0.2) is 44.5 Å². The zero-order valence-electron chi connectivity index (χ0n) is 19.5. The molecular formula is C27H27NO8. The largest absolute Gasteiger partial charge is 0.508 e. The highest BCUT2D eigenvalue weighted by atomic mass is 16.6. The van der Waals surface area contributed by atoms with Crippen LogP contribution in [0.25, 0.3) is 0 Å². The summed E-state index contributed by atoms with van der Waals surface area (Å²) >= 11 is 0. The van der Waals surface area contributed by atoms with Crippen molar-refractivity contribution < 1.29 is 39.5 Å². The van der Waals surface area contributed by atoms with Crippen LogP contribution in [0.1, 0.15) is 59.5 Å². The van der Waals surface area contributed by atoms with Gasteiger partial charge in [0.05, 0.1) is 11.5 Å². The average molecular weight is 494 g/mol. The highest BCUT2D eigenvalue weighted by Crippen LogP contribution is 2.56. The van der Waals surface area contributed by atoms with E-state index in [2.05, 4.69) is 5.32 Å². The van der Waals surface area contributed by atoms with Gasteiger partial charge in [0.1, 0.15) is 35.6 Å². The van der Waals surface area contributed by atoms with Gasteiger partial charge in [-0.15, -0.1) is 0 Å². The molecule has 2 aliphatic heterocycles. The van der Waals surface area contributed by atoms with Gasteiger partial charge in [-0.1, -0.05) is 38.0 Å². The van der Waals surface area contributed by atoms with E-state index in [4.69, 9.17) is 9.47 Å². The molecule has 5 rings (SSSR count). The molecule has 0 radical (unpaired) electrons. The first-order chi connectivity index (χ1) is 17.2. The number of carbonyl (C=O) groups excluding carboxylic acids is 1. The van der Waals surface area contributed by atoms with Gasteiger partial charge in [-0.2, -0.15) is 0 Å². The maximum absolute atomic E-state index is 13.2. The summed E-state index contributed by atoms with van der Waals surface area (Å²) in [5.41, 5.74) is 0.379. The van der Waals surface area contributed by atoms with Crippen LogP contribution in [0.3, 0.4) is 0 Å². The van der Waals surface area contributed by atoms with Crippen molar-refractivity contribution in [3.05, 3.63) is 82.6 Å². The third kappa shape index (κ3) is 3.81. The predicted octanol–water partition coefficient (Wildman–Crippen LogP) is 3.42. The number of esters is 1. The molecule has 3 aliphatic rings. The molecule has 5 atom stereocenters. The number of ether oxygens (including phenoxy) is 2. The summed E-state index contributed by atoms with van der Waals surface area (Å²) in [4.78, 5) is 24.8. The molecule has 0 aromatic heterocycles. The van der Waals surface area contributed by atoms with Crippen LogP contribution in [0.4, 0.5) is 0 Å². The minimum atomic E-state index is -1.31. The quantitative estimate of drug-likeness (QED) is 0.289. The number of allylic oxidation sites excluding steroid dienone is 1. The molecule has 188 valence electrons. The number of carboxylic acid groups (broad SMARTS) is 1. The van der Waals surface area contributed by atoms with Crippen LogP contribution in [0.15, 0.2) is 60.4 Å². The molecule has 2 heterocycles. The van der Waals surface area contributed by atoms with Gasteiger partial charge in [0.2, 0.25) is 0 Å². The van der Waals surface area contributed by atoms with Gasteiger partial charge in [-0.25, -0.2) is 4.79 Å². The minimum Gasteiger partial charge on any atom is -0.508 e. The zero-order valence-corrected chi connectivity index (χ0v) is 19.5. The second-order valence-electron chi connectivity index (χ2n) is 9.27. The summed E-state index contributed by atoms with van der Waals surface area (Å²) in [7, 11) is 0. The Bertz CT molecular complexity index is 1280. The Balaban J connectivity index is 1.56. The summed E-state index contributed by atoms with van der Waals surface area (Å²) in [5, 5.41) is 43.0. The molecule has 5 N–H and O–H groups in total. The first-order valence-corrected chi connectivity index (χ1v) is 11.9. The fourth-order valence-electron chi connectivity index (χ4n) is 5.26. The molecule has 0 saturated heterocycles. The van der Waals surface area contributed by atoms with E-state index in [-0.39, 0.29) is 17.1 Å². The van der Waals surface area contributed by atoms with Crippen molar-refractivity contribution in [1.82, 2.24) is 5.32 Å². The number of carboxylic acids is 1. The van der Waals surface area contributed by atoms with Crippen molar-refractivity contribution in [2.24, 2.45) is 5.92 Å². The second-order valence-corrected chi connectivity index (χ2v) is 9.27. The van der Waals surface area contributed by atoms with Gasteiger partial charge in [-0.3, -0.25) is 10.1 Å². The molecule has 0 fully saturated rings. The van der Waals surface area contributed by atoms with E-state index < -0.39 is 41.8 Å². The van der Waals surface area contributed by atoms with Gasteiger partial charge in [0, 0.05) is 17.2 Å². The number of aliphatic hydroxyl groups is 2. The molecule has 9 nitrogen and oxygen atoms in total. The molecule has 36 heavy (non-hydrogen) atoms. The summed E-state index contributed by atoms with van der Waals surface area (Å²) < 4.78 is 12.1. The number of carbonyl (C=O) groups is 2. The van der Waals surface area contributed by atoms with E-state index in [1.165, 1.54) is 30.4 Å². The first kappa shape index (κ1) is 23.9. The smallest absolute Gasteiger partial charge is 0.339 e. The van der Waals surface area contributed by atoms with Gasteiger partial charge in [0.15, 0.2) is 5.60 Å². The second kappa shape index (κ2) is 9.00.